The number of benzene rings is 1. The van der Waals surface area contributed by atoms with Gasteiger partial charge >= 0.3 is 0 Å². The van der Waals surface area contributed by atoms with Gasteiger partial charge in [-0.3, -0.25) is 0 Å². The molecule has 0 amide bonds. The number of hydrogen-bond acceptors (Lipinski definition) is 6. The maximum absolute atomic E-state index is 11.4. The average molecular weight is 309 g/mol. The molecular formula is C12H11N3O3S2. The van der Waals surface area contributed by atoms with Gasteiger partial charge in [-0.05, 0) is 23.5 Å². The topological polar surface area (TPSA) is 73.6 Å². The second-order valence-electron chi connectivity index (χ2n) is 4.22. The van der Waals surface area contributed by atoms with Crippen LogP contribution in [0, 0.1) is 0 Å². The van der Waals surface area contributed by atoms with Crippen molar-refractivity contribution in [3.63, 3.8) is 0 Å². The molecule has 6 nitrogen and oxygen atoms in total. The van der Waals surface area contributed by atoms with E-state index in [1.165, 1.54) is 17.6 Å². The van der Waals surface area contributed by atoms with Crippen LogP contribution >= 0.6 is 11.3 Å². The van der Waals surface area contributed by atoms with E-state index >= 15 is 0 Å². The van der Waals surface area contributed by atoms with E-state index in [1.54, 1.807) is 42.1 Å². The molecule has 0 saturated heterocycles. The van der Waals surface area contributed by atoms with Crippen LogP contribution in [0.25, 0.3) is 16.2 Å². The van der Waals surface area contributed by atoms with Crippen LogP contribution in [0.5, 0.6) is 5.19 Å². The summed E-state index contributed by atoms with van der Waals surface area (Å²) in [5, 5.41) is 4.74. The van der Waals surface area contributed by atoms with Gasteiger partial charge in [0.15, 0.2) is 9.84 Å². The fourth-order valence-electron chi connectivity index (χ4n) is 1.78. The van der Waals surface area contributed by atoms with Gasteiger partial charge in [0.2, 0.25) is 4.96 Å². The van der Waals surface area contributed by atoms with Crippen molar-refractivity contribution in [2.45, 2.75) is 4.90 Å². The van der Waals surface area contributed by atoms with Gasteiger partial charge in [0.25, 0.3) is 5.19 Å². The minimum Gasteiger partial charge on any atom is -0.472 e. The summed E-state index contributed by atoms with van der Waals surface area (Å²) < 4.78 is 29.5. The smallest absolute Gasteiger partial charge is 0.294 e. The van der Waals surface area contributed by atoms with Gasteiger partial charge in [0, 0.05) is 11.8 Å². The Bertz CT molecular complexity index is 832. The molecule has 0 fully saturated rings. The highest BCUT2D eigenvalue weighted by atomic mass is 32.2. The van der Waals surface area contributed by atoms with Crippen molar-refractivity contribution in [1.29, 1.82) is 0 Å². The first-order valence-electron chi connectivity index (χ1n) is 5.68. The van der Waals surface area contributed by atoms with E-state index < -0.39 is 9.84 Å². The Labute approximate surface area is 119 Å². The molecule has 0 spiro atoms. The zero-order valence-electron chi connectivity index (χ0n) is 10.8. The fraction of sp³-hybridized carbons (Fsp3) is 0.167. The molecule has 20 heavy (non-hydrogen) atoms. The molecule has 0 N–H and O–H groups in total. The predicted molar refractivity (Wildman–Crippen MR) is 76.0 cm³/mol. The van der Waals surface area contributed by atoms with E-state index in [4.69, 9.17) is 4.74 Å². The summed E-state index contributed by atoms with van der Waals surface area (Å²) in [5.41, 5.74) is 1.58. The number of nitrogens with zero attached hydrogens (tertiary/aromatic N) is 3. The first-order chi connectivity index (χ1) is 9.47. The van der Waals surface area contributed by atoms with Gasteiger partial charge in [0.05, 0.1) is 23.9 Å². The lowest BCUT2D eigenvalue weighted by molar-refractivity contribution is 0.405. The van der Waals surface area contributed by atoms with Crippen molar-refractivity contribution in [2.75, 3.05) is 13.4 Å². The zero-order valence-corrected chi connectivity index (χ0v) is 12.4. The fourth-order valence-corrected chi connectivity index (χ4v) is 3.11. The van der Waals surface area contributed by atoms with Crippen molar-refractivity contribution in [2.24, 2.45) is 0 Å². The Balaban J connectivity index is 2.00. The SMILES string of the molecule is COc1nn2cc(-c3ccc(S(C)(=O)=O)cc3)nc2s1. The minimum atomic E-state index is -3.18. The Morgan fingerprint density at radius 3 is 2.50 bits per heavy atom. The van der Waals surface area contributed by atoms with Crippen LogP contribution in [0.2, 0.25) is 0 Å². The Morgan fingerprint density at radius 1 is 1.25 bits per heavy atom. The number of methoxy groups -OCH3 is 1. The molecule has 2 heterocycles. The molecule has 1 aromatic carbocycles. The minimum absolute atomic E-state index is 0.294. The predicted octanol–water partition coefficient (Wildman–Crippen LogP) is 1.87. The summed E-state index contributed by atoms with van der Waals surface area (Å²) in [6.07, 6.45) is 2.97. The van der Waals surface area contributed by atoms with Gasteiger partial charge in [-0.25, -0.2) is 17.9 Å². The van der Waals surface area contributed by atoms with Crippen LogP contribution in [-0.4, -0.2) is 36.4 Å². The van der Waals surface area contributed by atoms with E-state index in [9.17, 15) is 8.42 Å². The van der Waals surface area contributed by atoms with Crippen LogP contribution in [-0.2, 0) is 9.84 Å². The van der Waals surface area contributed by atoms with Crippen LogP contribution in [0.3, 0.4) is 0 Å². The van der Waals surface area contributed by atoms with Crippen molar-refractivity contribution in [1.82, 2.24) is 14.6 Å². The lowest BCUT2D eigenvalue weighted by Gasteiger charge is -1.99. The molecule has 2 aromatic heterocycles. The second kappa shape index (κ2) is 4.57. The molecule has 0 radical (unpaired) electrons. The molecule has 0 aliphatic heterocycles. The van der Waals surface area contributed by atoms with E-state index in [2.05, 4.69) is 10.1 Å². The molecular weight excluding hydrogens is 298 g/mol. The van der Waals surface area contributed by atoms with Crippen LogP contribution in [0.1, 0.15) is 0 Å². The summed E-state index contributed by atoms with van der Waals surface area (Å²) in [5.74, 6) is 0. The van der Waals surface area contributed by atoms with E-state index in [0.29, 0.717) is 10.1 Å². The molecule has 3 rings (SSSR count). The lowest BCUT2D eigenvalue weighted by atomic mass is 10.2. The summed E-state index contributed by atoms with van der Waals surface area (Å²) in [6, 6.07) is 6.62. The Hall–Kier alpha value is -1.93. The summed E-state index contributed by atoms with van der Waals surface area (Å²) >= 11 is 1.34. The first kappa shape index (κ1) is 13.1. The van der Waals surface area contributed by atoms with Crippen molar-refractivity contribution in [3.8, 4) is 16.5 Å². The van der Waals surface area contributed by atoms with Gasteiger partial charge in [-0.15, -0.1) is 5.10 Å². The highest BCUT2D eigenvalue weighted by Crippen LogP contribution is 2.26. The van der Waals surface area contributed by atoms with Crippen LogP contribution < -0.4 is 4.74 Å². The van der Waals surface area contributed by atoms with Gasteiger partial charge < -0.3 is 4.74 Å². The highest BCUT2D eigenvalue weighted by molar-refractivity contribution is 7.90. The number of ether oxygens (including phenoxy) is 1. The quantitative estimate of drug-likeness (QED) is 0.738. The second-order valence-corrected chi connectivity index (χ2v) is 7.16. The van der Waals surface area contributed by atoms with Gasteiger partial charge in [-0.1, -0.05) is 12.1 Å². The van der Waals surface area contributed by atoms with E-state index in [-0.39, 0.29) is 0 Å². The van der Waals surface area contributed by atoms with E-state index in [1.807, 2.05) is 0 Å². The summed E-state index contributed by atoms with van der Waals surface area (Å²) in [6.45, 7) is 0. The highest BCUT2D eigenvalue weighted by Gasteiger charge is 2.11. The molecule has 8 heteroatoms. The summed E-state index contributed by atoms with van der Waals surface area (Å²) in [7, 11) is -1.62. The monoisotopic (exact) mass is 309 g/mol. The normalized spacial score (nSPS) is 11.9. The molecule has 0 saturated carbocycles. The lowest BCUT2D eigenvalue weighted by Crippen LogP contribution is -1.96. The van der Waals surface area contributed by atoms with Crippen LogP contribution in [0.15, 0.2) is 35.4 Å². The molecule has 3 aromatic rings. The third-order valence-corrected chi connectivity index (χ3v) is 4.79. The van der Waals surface area contributed by atoms with Crippen molar-refractivity contribution < 1.29 is 13.2 Å². The van der Waals surface area contributed by atoms with Gasteiger partial charge in [0.1, 0.15) is 0 Å². The zero-order chi connectivity index (χ0) is 14.3. The molecule has 0 atom stereocenters. The standard InChI is InChI=1S/C12H11N3O3S2/c1-18-12-14-15-7-10(13-11(15)19-12)8-3-5-9(6-4-8)20(2,16)17/h3-7H,1-2H3. The number of hydrogen-bond donors (Lipinski definition) is 0. The molecule has 0 aliphatic carbocycles. The molecule has 0 bridgehead atoms. The van der Waals surface area contributed by atoms with Crippen LogP contribution in [0.4, 0.5) is 0 Å². The summed E-state index contributed by atoms with van der Waals surface area (Å²) in [4.78, 5) is 5.45. The number of aromatic nitrogens is 3. The maximum Gasteiger partial charge on any atom is 0.294 e. The largest absolute Gasteiger partial charge is 0.472 e. The van der Waals surface area contributed by atoms with Gasteiger partial charge in [-0.2, -0.15) is 0 Å². The van der Waals surface area contributed by atoms with Crippen molar-refractivity contribution in [3.05, 3.63) is 30.5 Å². The van der Waals surface area contributed by atoms with E-state index in [0.717, 1.165) is 16.2 Å². The molecule has 0 aliphatic rings. The number of imidazole rings is 1. The Morgan fingerprint density at radius 2 is 1.95 bits per heavy atom. The average Bonchev–Trinajstić information content (AvgIpc) is 2.95. The molecule has 104 valence electrons. The first-order valence-corrected chi connectivity index (χ1v) is 8.39. The number of sulfone groups is 1. The third kappa shape index (κ3) is 2.27. The third-order valence-electron chi connectivity index (χ3n) is 2.78. The van der Waals surface area contributed by atoms with Crippen molar-refractivity contribution >= 4 is 26.1 Å². The number of rotatable bonds is 3. The number of fused-ring (bicyclic) bond motifs is 1. The Kier molecular flexibility index (Phi) is 2.98. The molecule has 0 unspecified atom stereocenters. The maximum atomic E-state index is 11.4.